The van der Waals surface area contributed by atoms with Gasteiger partial charge in [0.15, 0.2) is 0 Å². The molecule has 0 aromatic carbocycles. The number of aliphatic carboxylic acids is 2. The van der Waals surface area contributed by atoms with E-state index in [9.17, 15) is 4.79 Å². The minimum absolute atomic E-state index is 0.326. The molecule has 0 atom stereocenters. The van der Waals surface area contributed by atoms with Crippen molar-refractivity contribution in [2.75, 3.05) is 0 Å². The van der Waals surface area contributed by atoms with E-state index in [1.54, 1.807) is 0 Å². The Hall–Kier alpha value is -1.32. The molecular weight excluding hydrogens is 172 g/mol. The maximum atomic E-state index is 10.1. The van der Waals surface area contributed by atoms with Crippen LogP contribution in [0.4, 0.5) is 0 Å². The lowest BCUT2D eigenvalue weighted by molar-refractivity contribution is -0.138. The van der Waals surface area contributed by atoms with Gasteiger partial charge in [-0.15, -0.1) is 0 Å². The summed E-state index contributed by atoms with van der Waals surface area (Å²) in [5, 5.41) is 15.8. The lowest BCUT2D eigenvalue weighted by Crippen LogP contribution is -2.03. The average molecular weight is 186 g/mol. The van der Waals surface area contributed by atoms with E-state index >= 15 is 0 Å². The molecule has 0 saturated carbocycles. The molecule has 74 valence electrons. The number of carbonyl (C=O) groups is 2. The normalized spacial score (nSPS) is 14.8. The second kappa shape index (κ2) is 6.22. The van der Waals surface area contributed by atoms with E-state index < -0.39 is 11.9 Å². The molecule has 0 aliphatic heterocycles. The van der Waals surface area contributed by atoms with Gasteiger partial charge >= 0.3 is 5.97 Å². The largest absolute Gasteiger partial charge is 0.481 e. The van der Waals surface area contributed by atoms with Gasteiger partial charge in [0.2, 0.25) is 0 Å². The molecular formula is C9H14O4. The van der Waals surface area contributed by atoms with Crippen LogP contribution in [0.15, 0.2) is 12.2 Å². The molecule has 0 fully saturated rings. The summed E-state index contributed by atoms with van der Waals surface area (Å²) in [6.07, 6.45) is 6.33. The highest BCUT2D eigenvalue weighted by Crippen LogP contribution is 2.20. The molecule has 0 radical (unpaired) electrons. The predicted molar refractivity (Wildman–Crippen MR) is 47.4 cm³/mol. The van der Waals surface area contributed by atoms with Gasteiger partial charge in [-0.2, -0.15) is 0 Å². The van der Waals surface area contributed by atoms with Gasteiger partial charge in [0.25, 0.3) is 5.97 Å². The highest BCUT2D eigenvalue weighted by molar-refractivity contribution is 5.67. The van der Waals surface area contributed by atoms with Crippen LogP contribution in [0.3, 0.4) is 0 Å². The average Bonchev–Trinajstić information content (AvgIpc) is 2.36. The van der Waals surface area contributed by atoms with Gasteiger partial charge in [0, 0.05) is 13.3 Å². The Labute approximate surface area is 76.9 Å². The molecule has 1 aliphatic carbocycles. The van der Waals surface area contributed by atoms with Crippen molar-refractivity contribution in [3.05, 3.63) is 12.2 Å². The van der Waals surface area contributed by atoms with Gasteiger partial charge in [0.1, 0.15) is 0 Å². The Kier molecular flexibility index (Phi) is 5.59. The minimum atomic E-state index is -0.833. The smallest absolute Gasteiger partial charge is 0.303 e. The van der Waals surface area contributed by atoms with Crippen molar-refractivity contribution in [1.29, 1.82) is 0 Å². The third kappa shape index (κ3) is 8.59. The monoisotopic (exact) mass is 186 g/mol. The summed E-state index contributed by atoms with van der Waals surface area (Å²) in [5.74, 6) is -1.13. The zero-order valence-corrected chi connectivity index (χ0v) is 7.56. The zero-order valence-electron chi connectivity index (χ0n) is 7.56. The van der Waals surface area contributed by atoms with E-state index in [0.29, 0.717) is 12.3 Å². The van der Waals surface area contributed by atoms with Crippen LogP contribution in [0.2, 0.25) is 0 Å². The molecule has 1 aliphatic rings. The van der Waals surface area contributed by atoms with Gasteiger partial charge < -0.3 is 10.2 Å². The van der Waals surface area contributed by atoms with Crippen LogP contribution in [0, 0.1) is 5.92 Å². The summed E-state index contributed by atoms with van der Waals surface area (Å²) in [4.78, 5) is 19.1. The van der Waals surface area contributed by atoms with Crippen LogP contribution in [0.5, 0.6) is 0 Å². The Bertz CT molecular complexity index is 196. The molecule has 0 bridgehead atoms. The van der Waals surface area contributed by atoms with Crippen molar-refractivity contribution in [3.63, 3.8) is 0 Å². The molecule has 0 amide bonds. The van der Waals surface area contributed by atoms with Crippen molar-refractivity contribution < 1.29 is 19.8 Å². The first kappa shape index (κ1) is 11.7. The Morgan fingerprint density at radius 3 is 2.00 bits per heavy atom. The number of allylic oxidation sites excluding steroid dienone is 2. The summed E-state index contributed by atoms with van der Waals surface area (Å²) >= 11 is 0. The van der Waals surface area contributed by atoms with Crippen LogP contribution in [0.25, 0.3) is 0 Å². The number of rotatable bonds is 2. The first-order valence-electron chi connectivity index (χ1n) is 4.08. The quantitative estimate of drug-likeness (QED) is 0.641. The molecule has 2 N–H and O–H groups in total. The van der Waals surface area contributed by atoms with E-state index in [-0.39, 0.29) is 0 Å². The number of carboxylic acid groups (broad SMARTS) is 2. The van der Waals surface area contributed by atoms with E-state index in [1.807, 2.05) is 12.2 Å². The topological polar surface area (TPSA) is 74.6 Å². The van der Waals surface area contributed by atoms with Crippen LogP contribution in [0.1, 0.15) is 26.2 Å². The lowest BCUT2D eigenvalue weighted by Gasteiger charge is -2.01. The standard InChI is InChI=1S/C7H10O2.C2H4O2/c8-7(9)5-6-3-1-2-4-6;1-2(3)4/h1-2,6H,3-5H2,(H,8,9);1H3,(H,3,4). The summed E-state index contributed by atoms with van der Waals surface area (Å²) in [6, 6.07) is 0. The van der Waals surface area contributed by atoms with Gasteiger partial charge in [-0.3, -0.25) is 9.59 Å². The minimum Gasteiger partial charge on any atom is -0.481 e. The molecule has 0 spiro atoms. The van der Waals surface area contributed by atoms with Crippen molar-refractivity contribution in [1.82, 2.24) is 0 Å². The first-order chi connectivity index (χ1) is 6.02. The first-order valence-corrected chi connectivity index (χ1v) is 4.08. The molecule has 4 nitrogen and oxygen atoms in total. The summed E-state index contributed by atoms with van der Waals surface area (Å²) in [6.45, 7) is 1.08. The molecule has 0 aromatic rings. The third-order valence-electron chi connectivity index (χ3n) is 1.57. The van der Waals surface area contributed by atoms with Gasteiger partial charge in [0.05, 0.1) is 0 Å². The Balaban J connectivity index is 0.000000310. The predicted octanol–water partition coefficient (Wildman–Crippen LogP) is 1.52. The van der Waals surface area contributed by atoms with Gasteiger partial charge in [-0.1, -0.05) is 12.2 Å². The van der Waals surface area contributed by atoms with Crippen LogP contribution < -0.4 is 0 Å². The van der Waals surface area contributed by atoms with Gasteiger partial charge in [-0.05, 0) is 18.8 Å². The SMILES string of the molecule is CC(=O)O.O=C(O)CC1CC=CC1. The number of hydrogen-bond donors (Lipinski definition) is 2. The third-order valence-corrected chi connectivity index (χ3v) is 1.57. The Morgan fingerprint density at radius 2 is 1.69 bits per heavy atom. The lowest BCUT2D eigenvalue weighted by atomic mass is 10.0. The van der Waals surface area contributed by atoms with E-state index in [2.05, 4.69) is 0 Å². The van der Waals surface area contributed by atoms with E-state index in [0.717, 1.165) is 19.8 Å². The zero-order chi connectivity index (χ0) is 10.3. The van der Waals surface area contributed by atoms with Crippen molar-refractivity contribution in [2.24, 2.45) is 5.92 Å². The fourth-order valence-electron chi connectivity index (χ4n) is 1.09. The fourth-order valence-corrected chi connectivity index (χ4v) is 1.09. The van der Waals surface area contributed by atoms with E-state index in [4.69, 9.17) is 15.0 Å². The molecule has 4 heteroatoms. The molecule has 1 rings (SSSR count). The maximum Gasteiger partial charge on any atom is 0.303 e. The number of hydrogen-bond acceptors (Lipinski definition) is 2. The second-order valence-electron chi connectivity index (χ2n) is 2.93. The molecule has 0 unspecified atom stereocenters. The summed E-state index contributed by atoms with van der Waals surface area (Å²) < 4.78 is 0. The van der Waals surface area contributed by atoms with Crippen molar-refractivity contribution in [3.8, 4) is 0 Å². The van der Waals surface area contributed by atoms with Crippen molar-refractivity contribution in [2.45, 2.75) is 26.2 Å². The number of carboxylic acids is 2. The second-order valence-corrected chi connectivity index (χ2v) is 2.93. The van der Waals surface area contributed by atoms with Gasteiger partial charge in [-0.25, -0.2) is 0 Å². The Morgan fingerprint density at radius 1 is 1.31 bits per heavy atom. The highest BCUT2D eigenvalue weighted by Gasteiger charge is 2.12. The molecule has 13 heavy (non-hydrogen) atoms. The summed E-state index contributed by atoms with van der Waals surface area (Å²) in [5.41, 5.74) is 0. The van der Waals surface area contributed by atoms with Crippen LogP contribution >= 0.6 is 0 Å². The molecule has 0 heterocycles. The van der Waals surface area contributed by atoms with E-state index in [1.165, 1.54) is 0 Å². The fraction of sp³-hybridized carbons (Fsp3) is 0.556. The van der Waals surface area contributed by atoms with Crippen LogP contribution in [-0.2, 0) is 9.59 Å². The highest BCUT2D eigenvalue weighted by atomic mass is 16.4. The van der Waals surface area contributed by atoms with Crippen molar-refractivity contribution >= 4 is 11.9 Å². The molecule has 0 saturated heterocycles. The van der Waals surface area contributed by atoms with Crippen LogP contribution in [-0.4, -0.2) is 22.2 Å². The summed E-state index contributed by atoms with van der Waals surface area (Å²) in [7, 11) is 0. The maximum absolute atomic E-state index is 10.1. The molecule has 0 aromatic heterocycles.